The molecule has 5 nitrogen and oxygen atoms in total. The van der Waals surface area contributed by atoms with E-state index < -0.39 is 5.97 Å². The van der Waals surface area contributed by atoms with E-state index >= 15 is 0 Å². The van der Waals surface area contributed by atoms with E-state index in [1.54, 1.807) is 39.6 Å². The first-order valence-electron chi connectivity index (χ1n) is 9.41. The lowest BCUT2D eigenvalue weighted by atomic mass is 10.1. The Morgan fingerprint density at radius 3 is 2.43 bits per heavy atom. The van der Waals surface area contributed by atoms with Gasteiger partial charge in [-0.25, -0.2) is 4.79 Å². The van der Waals surface area contributed by atoms with Crippen LogP contribution in [0.4, 0.5) is 0 Å². The number of H-pyrrole nitrogens is 1. The van der Waals surface area contributed by atoms with Gasteiger partial charge in [0.2, 0.25) is 0 Å². The number of hydrogen-bond donors (Lipinski definition) is 1. The lowest BCUT2D eigenvalue weighted by Gasteiger charge is -2.17. The fraction of sp³-hybridized carbons (Fsp3) is 0.304. The topological polar surface area (TPSA) is 62.4 Å². The molecule has 0 aliphatic rings. The Morgan fingerprint density at radius 2 is 1.75 bits per heavy atom. The van der Waals surface area contributed by atoms with Crippen molar-refractivity contribution in [1.29, 1.82) is 0 Å². The van der Waals surface area contributed by atoms with Gasteiger partial charge in [-0.05, 0) is 55.7 Å². The molecule has 1 heterocycles. The predicted octanol–water partition coefficient (Wildman–Crippen LogP) is 4.62. The lowest BCUT2D eigenvalue weighted by molar-refractivity contribution is 0.0376. The number of carbonyl (C=O) groups is 2. The van der Waals surface area contributed by atoms with Gasteiger partial charge in [-0.2, -0.15) is 0 Å². The summed E-state index contributed by atoms with van der Waals surface area (Å²) < 4.78 is 5.30. The van der Waals surface area contributed by atoms with Crippen LogP contribution < -0.4 is 0 Å². The van der Waals surface area contributed by atoms with Crippen molar-refractivity contribution in [3.05, 3.63) is 70.5 Å². The first kappa shape index (κ1) is 19.7. The summed E-state index contributed by atoms with van der Waals surface area (Å²) in [6.07, 6.45) is -0.212. The van der Waals surface area contributed by atoms with Crippen LogP contribution in [0.3, 0.4) is 0 Å². The van der Waals surface area contributed by atoms with Crippen LogP contribution in [0.2, 0.25) is 0 Å². The Bertz CT molecular complexity index is 1030. The molecule has 0 aliphatic heterocycles. The van der Waals surface area contributed by atoms with Gasteiger partial charge < -0.3 is 14.6 Å². The number of aromatic amines is 1. The standard InChI is InChI=1S/C23H26N2O3/c1-14(2)28-23(27)20-15(3)21(24-16(20)4)22(26)25(5)13-17-10-11-18-8-6-7-9-19(18)12-17/h6-12,14,24H,13H2,1-5H3. The van der Waals surface area contributed by atoms with Gasteiger partial charge in [0.1, 0.15) is 5.69 Å². The van der Waals surface area contributed by atoms with Gasteiger partial charge in [0.25, 0.3) is 5.91 Å². The largest absolute Gasteiger partial charge is 0.459 e. The molecule has 0 spiro atoms. The number of benzene rings is 2. The zero-order valence-electron chi connectivity index (χ0n) is 17.0. The monoisotopic (exact) mass is 378 g/mol. The second-order valence-corrected chi connectivity index (χ2v) is 7.42. The van der Waals surface area contributed by atoms with Gasteiger partial charge in [0, 0.05) is 19.3 Å². The molecule has 0 atom stereocenters. The van der Waals surface area contributed by atoms with Crippen LogP contribution in [-0.2, 0) is 11.3 Å². The van der Waals surface area contributed by atoms with E-state index in [4.69, 9.17) is 4.74 Å². The van der Waals surface area contributed by atoms with Crippen molar-refractivity contribution in [1.82, 2.24) is 9.88 Å². The van der Waals surface area contributed by atoms with E-state index in [2.05, 4.69) is 29.2 Å². The number of carbonyl (C=O) groups excluding carboxylic acids is 2. The second-order valence-electron chi connectivity index (χ2n) is 7.42. The number of aromatic nitrogens is 1. The first-order chi connectivity index (χ1) is 13.3. The van der Waals surface area contributed by atoms with Crippen LogP contribution in [0.1, 0.15) is 51.5 Å². The number of hydrogen-bond acceptors (Lipinski definition) is 3. The highest BCUT2D eigenvalue weighted by Crippen LogP contribution is 2.22. The summed E-state index contributed by atoms with van der Waals surface area (Å²) in [4.78, 5) is 30.1. The molecule has 2 aromatic carbocycles. The highest BCUT2D eigenvalue weighted by atomic mass is 16.5. The average molecular weight is 378 g/mol. The summed E-state index contributed by atoms with van der Waals surface area (Å²) in [6, 6.07) is 14.3. The molecule has 3 rings (SSSR count). The normalized spacial score (nSPS) is 11.1. The summed E-state index contributed by atoms with van der Waals surface area (Å²) in [5.74, 6) is -0.560. The Hall–Kier alpha value is -3.08. The maximum atomic E-state index is 13.0. The first-order valence-corrected chi connectivity index (χ1v) is 9.41. The Balaban J connectivity index is 1.82. The number of amides is 1. The summed E-state index contributed by atoms with van der Waals surface area (Å²) in [7, 11) is 1.76. The summed E-state index contributed by atoms with van der Waals surface area (Å²) in [6.45, 7) is 7.64. The molecule has 3 aromatic rings. The van der Waals surface area contributed by atoms with Crippen LogP contribution in [0, 0.1) is 13.8 Å². The zero-order chi connectivity index (χ0) is 20.4. The molecule has 0 aliphatic carbocycles. The quantitative estimate of drug-likeness (QED) is 0.659. The Morgan fingerprint density at radius 1 is 1.07 bits per heavy atom. The molecule has 1 amide bonds. The van der Waals surface area contributed by atoms with E-state index in [-0.39, 0.29) is 12.0 Å². The molecule has 146 valence electrons. The molecule has 28 heavy (non-hydrogen) atoms. The molecule has 0 fully saturated rings. The van der Waals surface area contributed by atoms with Gasteiger partial charge in [-0.15, -0.1) is 0 Å². The third-order valence-electron chi connectivity index (χ3n) is 4.78. The van der Waals surface area contributed by atoms with E-state index in [1.165, 1.54) is 5.39 Å². The smallest absolute Gasteiger partial charge is 0.340 e. The van der Waals surface area contributed by atoms with Crippen molar-refractivity contribution in [2.24, 2.45) is 0 Å². The lowest BCUT2D eigenvalue weighted by Crippen LogP contribution is -2.27. The third kappa shape index (κ3) is 3.93. The highest BCUT2D eigenvalue weighted by molar-refractivity contribution is 6.00. The van der Waals surface area contributed by atoms with E-state index in [0.717, 1.165) is 10.9 Å². The molecular formula is C23H26N2O3. The molecule has 1 aromatic heterocycles. The Labute approximate surface area is 165 Å². The van der Waals surface area contributed by atoms with Gasteiger partial charge >= 0.3 is 5.97 Å². The molecule has 0 bridgehead atoms. The van der Waals surface area contributed by atoms with Crippen molar-refractivity contribution in [2.75, 3.05) is 7.05 Å². The van der Waals surface area contributed by atoms with Gasteiger partial charge in [0.05, 0.1) is 11.7 Å². The number of esters is 1. The molecule has 0 unspecified atom stereocenters. The minimum absolute atomic E-state index is 0.155. The van der Waals surface area contributed by atoms with E-state index in [1.807, 2.05) is 18.2 Å². The van der Waals surface area contributed by atoms with Crippen molar-refractivity contribution in [2.45, 2.75) is 40.3 Å². The summed E-state index contributed by atoms with van der Waals surface area (Å²) >= 11 is 0. The van der Waals surface area contributed by atoms with Crippen LogP contribution in [-0.4, -0.2) is 34.9 Å². The van der Waals surface area contributed by atoms with Crippen LogP contribution in [0.5, 0.6) is 0 Å². The fourth-order valence-corrected chi connectivity index (χ4v) is 3.42. The zero-order valence-corrected chi connectivity index (χ0v) is 17.0. The van der Waals surface area contributed by atoms with Crippen LogP contribution >= 0.6 is 0 Å². The third-order valence-corrected chi connectivity index (χ3v) is 4.78. The summed E-state index contributed by atoms with van der Waals surface area (Å²) in [5, 5.41) is 2.32. The van der Waals surface area contributed by atoms with Crippen molar-refractivity contribution < 1.29 is 14.3 Å². The molecule has 1 N–H and O–H groups in total. The maximum absolute atomic E-state index is 13.0. The maximum Gasteiger partial charge on any atom is 0.340 e. The minimum Gasteiger partial charge on any atom is -0.459 e. The molecular weight excluding hydrogens is 352 g/mol. The number of nitrogens with one attached hydrogen (secondary N) is 1. The highest BCUT2D eigenvalue weighted by Gasteiger charge is 2.25. The number of fused-ring (bicyclic) bond motifs is 1. The van der Waals surface area contributed by atoms with Crippen molar-refractivity contribution >= 4 is 22.6 Å². The second kappa shape index (κ2) is 7.89. The fourth-order valence-electron chi connectivity index (χ4n) is 3.42. The molecule has 5 heteroatoms. The number of nitrogens with zero attached hydrogens (tertiary/aromatic N) is 1. The van der Waals surface area contributed by atoms with Crippen LogP contribution in [0.15, 0.2) is 42.5 Å². The Kier molecular flexibility index (Phi) is 5.54. The SMILES string of the molecule is Cc1[nH]c(C(=O)N(C)Cc2ccc3ccccc3c2)c(C)c1C(=O)OC(C)C. The van der Waals surface area contributed by atoms with Crippen LogP contribution in [0.25, 0.3) is 10.8 Å². The van der Waals surface area contributed by atoms with Gasteiger partial charge in [-0.1, -0.05) is 36.4 Å². The van der Waals surface area contributed by atoms with Gasteiger partial charge in [0.15, 0.2) is 0 Å². The van der Waals surface area contributed by atoms with E-state index in [0.29, 0.717) is 29.1 Å². The molecule has 0 saturated carbocycles. The average Bonchev–Trinajstić information content (AvgIpc) is 2.94. The van der Waals surface area contributed by atoms with Gasteiger partial charge in [-0.3, -0.25) is 4.79 Å². The van der Waals surface area contributed by atoms with Crippen molar-refractivity contribution in [3.8, 4) is 0 Å². The number of ether oxygens (including phenoxy) is 1. The predicted molar refractivity (Wildman–Crippen MR) is 111 cm³/mol. The number of rotatable bonds is 5. The minimum atomic E-state index is -0.405. The molecule has 0 radical (unpaired) electrons. The molecule has 0 saturated heterocycles. The van der Waals surface area contributed by atoms with Crippen molar-refractivity contribution in [3.63, 3.8) is 0 Å². The van der Waals surface area contributed by atoms with E-state index in [9.17, 15) is 9.59 Å². The number of aryl methyl sites for hydroxylation is 1. The summed E-state index contributed by atoms with van der Waals surface area (Å²) in [5.41, 5.74) is 3.19.